The number of fused-ring (bicyclic) bond motifs is 1. The van der Waals surface area contributed by atoms with Crippen LogP contribution in [-0.4, -0.2) is 27.8 Å². The first-order valence-corrected chi connectivity index (χ1v) is 12.1. The number of nitro groups is 1. The number of ether oxygens (including phenoxy) is 1. The van der Waals surface area contributed by atoms with Crippen molar-refractivity contribution >= 4 is 29.1 Å². The number of carbonyl (C=O) groups excluding carboxylic acids is 1. The van der Waals surface area contributed by atoms with Gasteiger partial charge in [-0.3, -0.25) is 19.7 Å². The highest BCUT2D eigenvalue weighted by Gasteiger charge is 2.39. The number of ketones is 1. The van der Waals surface area contributed by atoms with Gasteiger partial charge < -0.3 is 15.0 Å². The quantitative estimate of drug-likeness (QED) is 0.223. The molecule has 3 aromatic rings. The molecule has 9 nitrogen and oxygen atoms in total. The monoisotopic (exact) mass is 490 g/mol. The van der Waals surface area contributed by atoms with Crippen LogP contribution in [-0.2, 0) is 10.5 Å². The van der Waals surface area contributed by atoms with Crippen LogP contribution >= 0.6 is 11.8 Å². The fraction of sp³-hybridized carbons (Fsp3) is 0.240. The highest BCUT2D eigenvalue weighted by molar-refractivity contribution is 7.98. The van der Waals surface area contributed by atoms with Gasteiger partial charge in [-0.1, -0.05) is 42.1 Å². The van der Waals surface area contributed by atoms with Crippen LogP contribution in [0, 0.1) is 10.1 Å². The number of nitrogens with zero attached hydrogens (tertiary/aromatic N) is 2. The fourth-order valence-corrected chi connectivity index (χ4v) is 5.41. The molecule has 1 aliphatic carbocycles. The number of rotatable bonds is 6. The van der Waals surface area contributed by atoms with Crippen molar-refractivity contribution in [3.8, 4) is 5.75 Å². The lowest BCUT2D eigenvalue weighted by Crippen LogP contribution is -2.32. The maximum Gasteiger partial charge on any atom is 0.269 e. The third kappa shape index (κ3) is 4.32. The summed E-state index contributed by atoms with van der Waals surface area (Å²) in [5.41, 5.74) is 3.11. The molecule has 2 aromatic carbocycles. The molecular formula is C25H22N4O5S. The number of nitro benzene ring substituents is 1. The number of nitrogens with one attached hydrogen (secondary N) is 2. The Hall–Kier alpha value is -3.92. The van der Waals surface area contributed by atoms with E-state index in [1.165, 1.54) is 23.9 Å². The number of hydrogen-bond donors (Lipinski definition) is 2. The number of benzene rings is 2. The van der Waals surface area contributed by atoms with Gasteiger partial charge >= 0.3 is 0 Å². The number of hydrogen-bond acceptors (Lipinski definition) is 8. The molecule has 0 fully saturated rings. The molecule has 1 atom stereocenters. The van der Waals surface area contributed by atoms with Crippen molar-refractivity contribution in [2.75, 3.05) is 12.4 Å². The van der Waals surface area contributed by atoms with Gasteiger partial charge in [0.15, 0.2) is 10.9 Å². The Morgan fingerprint density at radius 3 is 2.66 bits per heavy atom. The SMILES string of the molecule is COc1ccccc1[C@H]1C2=C(CCCC2=O)Nc2nc(SCc3ccc([N+](=O)[O-])cc3)[nH]c(=O)c21. The molecule has 5 rings (SSSR count). The molecule has 0 saturated heterocycles. The highest BCUT2D eigenvalue weighted by atomic mass is 32.2. The lowest BCUT2D eigenvalue weighted by atomic mass is 9.76. The number of methoxy groups -OCH3 is 1. The molecule has 2 aliphatic rings. The zero-order chi connectivity index (χ0) is 24.5. The van der Waals surface area contributed by atoms with Crippen molar-refractivity contribution in [1.29, 1.82) is 0 Å². The summed E-state index contributed by atoms with van der Waals surface area (Å²) in [6, 6.07) is 13.7. The largest absolute Gasteiger partial charge is 0.496 e. The maximum atomic E-state index is 13.4. The van der Waals surface area contributed by atoms with Crippen LogP contribution in [0.25, 0.3) is 0 Å². The number of Topliss-reactive ketones (excluding diaryl/α,β-unsaturated/α-hetero) is 1. The van der Waals surface area contributed by atoms with E-state index in [2.05, 4.69) is 15.3 Å². The van der Waals surface area contributed by atoms with E-state index in [4.69, 9.17) is 4.74 Å². The van der Waals surface area contributed by atoms with Gasteiger partial charge in [0.1, 0.15) is 11.6 Å². The van der Waals surface area contributed by atoms with Crippen molar-refractivity contribution < 1.29 is 14.5 Å². The first-order chi connectivity index (χ1) is 17.0. The molecule has 0 amide bonds. The second-order valence-corrected chi connectivity index (χ2v) is 9.28. The summed E-state index contributed by atoms with van der Waals surface area (Å²) < 4.78 is 5.57. The maximum absolute atomic E-state index is 13.4. The Bertz CT molecular complexity index is 1410. The normalized spacial score (nSPS) is 16.8. The fourth-order valence-electron chi connectivity index (χ4n) is 4.59. The van der Waals surface area contributed by atoms with Crippen LogP contribution in [0.1, 0.15) is 41.9 Å². The van der Waals surface area contributed by atoms with Gasteiger partial charge in [0.25, 0.3) is 11.2 Å². The van der Waals surface area contributed by atoms with E-state index in [0.29, 0.717) is 46.5 Å². The van der Waals surface area contributed by atoms with Crippen LogP contribution in [0.2, 0.25) is 0 Å². The van der Waals surface area contributed by atoms with Gasteiger partial charge in [-0.25, -0.2) is 4.98 Å². The summed E-state index contributed by atoms with van der Waals surface area (Å²) in [5.74, 6) is 0.963. The molecule has 178 valence electrons. The van der Waals surface area contributed by atoms with Crippen LogP contribution in [0.5, 0.6) is 5.75 Å². The minimum atomic E-state index is -0.574. The molecule has 0 bridgehead atoms. The number of aromatic nitrogens is 2. The van der Waals surface area contributed by atoms with E-state index in [1.54, 1.807) is 19.2 Å². The number of non-ortho nitro benzene ring substituents is 1. The number of anilines is 1. The summed E-state index contributed by atoms with van der Waals surface area (Å²) in [6.07, 6.45) is 1.88. The minimum Gasteiger partial charge on any atom is -0.496 e. The van der Waals surface area contributed by atoms with Crippen molar-refractivity contribution in [2.24, 2.45) is 0 Å². The average molecular weight is 491 g/mol. The third-order valence-corrected chi connectivity index (χ3v) is 7.15. The summed E-state index contributed by atoms with van der Waals surface area (Å²) in [4.78, 5) is 44.4. The number of carbonyl (C=O) groups is 1. The molecule has 0 spiro atoms. The van der Waals surface area contributed by atoms with Crippen molar-refractivity contribution in [1.82, 2.24) is 9.97 Å². The zero-order valence-electron chi connectivity index (χ0n) is 18.9. The summed E-state index contributed by atoms with van der Waals surface area (Å²) in [7, 11) is 1.57. The lowest BCUT2D eigenvalue weighted by Gasteiger charge is -2.33. The predicted octanol–water partition coefficient (Wildman–Crippen LogP) is 4.54. The molecule has 2 heterocycles. The van der Waals surface area contributed by atoms with Gasteiger partial charge in [-0.2, -0.15) is 0 Å². The summed E-state index contributed by atoms with van der Waals surface area (Å²) >= 11 is 1.33. The van der Waals surface area contributed by atoms with Crippen LogP contribution in [0.15, 0.2) is 69.8 Å². The molecule has 2 N–H and O–H groups in total. The van der Waals surface area contributed by atoms with E-state index in [-0.39, 0.29) is 17.0 Å². The number of thioether (sulfide) groups is 1. The number of H-pyrrole nitrogens is 1. The molecule has 0 saturated carbocycles. The standard InChI is InChI=1S/C25H22N4O5S/c1-34-19-8-3-2-5-16(19)20-21-17(6-4-7-18(21)30)26-23-22(20)24(31)28-25(27-23)35-13-14-9-11-15(12-10-14)29(32)33/h2-3,5,8-12,20H,4,6-7,13H2,1H3,(H2,26,27,28,31)/t20-/m0/s1. The highest BCUT2D eigenvalue weighted by Crippen LogP contribution is 2.45. The second kappa shape index (κ2) is 9.38. The smallest absolute Gasteiger partial charge is 0.269 e. The Balaban J connectivity index is 1.53. The second-order valence-electron chi connectivity index (χ2n) is 8.31. The summed E-state index contributed by atoms with van der Waals surface area (Å²) in [5, 5.41) is 14.6. The van der Waals surface area contributed by atoms with E-state index in [9.17, 15) is 19.7 Å². The topological polar surface area (TPSA) is 127 Å². The van der Waals surface area contributed by atoms with E-state index in [0.717, 1.165) is 23.2 Å². The molecule has 0 radical (unpaired) electrons. The van der Waals surface area contributed by atoms with E-state index in [1.807, 2.05) is 24.3 Å². The predicted molar refractivity (Wildman–Crippen MR) is 132 cm³/mol. The number of aromatic amines is 1. The van der Waals surface area contributed by atoms with Crippen LogP contribution in [0.4, 0.5) is 11.5 Å². The Morgan fingerprint density at radius 2 is 1.91 bits per heavy atom. The Labute approximate surface area is 204 Å². The molecule has 35 heavy (non-hydrogen) atoms. The van der Waals surface area contributed by atoms with Crippen LogP contribution < -0.4 is 15.6 Å². The van der Waals surface area contributed by atoms with Crippen LogP contribution in [0.3, 0.4) is 0 Å². The molecule has 1 aliphatic heterocycles. The molecule has 10 heteroatoms. The zero-order valence-corrected chi connectivity index (χ0v) is 19.7. The molecule has 0 unspecified atom stereocenters. The van der Waals surface area contributed by atoms with Gasteiger partial charge in [0.05, 0.1) is 23.5 Å². The van der Waals surface area contributed by atoms with Gasteiger partial charge in [0.2, 0.25) is 0 Å². The first-order valence-electron chi connectivity index (χ1n) is 11.1. The number of allylic oxidation sites excluding steroid dienone is 2. The third-order valence-electron chi connectivity index (χ3n) is 6.21. The molecular weight excluding hydrogens is 468 g/mol. The summed E-state index contributed by atoms with van der Waals surface area (Å²) in [6.45, 7) is 0. The Morgan fingerprint density at radius 1 is 1.14 bits per heavy atom. The lowest BCUT2D eigenvalue weighted by molar-refractivity contribution is -0.384. The Kier molecular flexibility index (Phi) is 6.12. The number of para-hydroxylation sites is 1. The van der Waals surface area contributed by atoms with Crippen molar-refractivity contribution in [2.45, 2.75) is 36.1 Å². The van der Waals surface area contributed by atoms with E-state index < -0.39 is 10.8 Å². The van der Waals surface area contributed by atoms with Gasteiger partial charge in [-0.05, 0) is 24.5 Å². The minimum absolute atomic E-state index is 0.0244. The van der Waals surface area contributed by atoms with Crippen molar-refractivity contribution in [3.05, 3.63) is 97.0 Å². The van der Waals surface area contributed by atoms with Gasteiger partial charge in [-0.15, -0.1) is 0 Å². The van der Waals surface area contributed by atoms with Crippen molar-refractivity contribution in [3.63, 3.8) is 0 Å². The first kappa shape index (κ1) is 22.9. The van der Waals surface area contributed by atoms with Gasteiger partial charge in [0, 0.05) is 41.1 Å². The van der Waals surface area contributed by atoms with E-state index >= 15 is 0 Å². The average Bonchev–Trinajstić information content (AvgIpc) is 2.86. The molecule has 1 aromatic heterocycles.